The Morgan fingerprint density at radius 2 is 0.914 bits per heavy atom. The molecule has 0 atom stereocenters. The van der Waals surface area contributed by atoms with Gasteiger partial charge in [0, 0.05) is 35.7 Å². The Hall–Kier alpha value is -7.30. The maximum absolute atomic E-state index is 12.4. The lowest BCUT2D eigenvalue weighted by atomic mass is 10.0. The summed E-state index contributed by atoms with van der Waals surface area (Å²) in [6, 6.07) is 37.4. The van der Waals surface area contributed by atoms with Crippen molar-refractivity contribution in [2.75, 3.05) is 9.44 Å². The number of benzene rings is 6. The molecule has 0 fully saturated rings. The molecule has 0 saturated heterocycles. The van der Waals surface area contributed by atoms with E-state index in [-0.39, 0.29) is 32.9 Å². The minimum absolute atomic E-state index is 0.0742. The number of phenolic OH excluding ortho intramolecular Hbond substituents is 2. The summed E-state index contributed by atoms with van der Waals surface area (Å²) in [5.41, 5.74) is 2.30. The number of sulfonamides is 2. The summed E-state index contributed by atoms with van der Waals surface area (Å²) < 4.78 is 64.2. The number of nitrogens with one attached hydrogen (secondary N) is 2. The highest BCUT2D eigenvalue weighted by molar-refractivity contribution is 7.93. The first-order chi connectivity index (χ1) is 27.8. The summed E-state index contributed by atoms with van der Waals surface area (Å²) in [5.74, 6) is 1.50. The van der Waals surface area contributed by atoms with E-state index in [2.05, 4.69) is 29.7 Å². The molecular formula is C42H34N6O8S2. The largest absolute Gasteiger partial charge is 0.507 e. The maximum atomic E-state index is 12.4. The number of rotatable bonds is 10. The second kappa shape index (κ2) is 16.4. The van der Waals surface area contributed by atoms with E-state index in [1.807, 2.05) is 60.7 Å². The molecule has 16 heteroatoms. The molecule has 0 aliphatic carbocycles. The van der Waals surface area contributed by atoms with E-state index in [0.717, 1.165) is 21.5 Å². The van der Waals surface area contributed by atoms with E-state index < -0.39 is 20.0 Å². The third kappa shape index (κ3) is 9.04. The van der Waals surface area contributed by atoms with Crippen LogP contribution < -0.4 is 9.44 Å². The topological polar surface area (TPSA) is 210 Å². The van der Waals surface area contributed by atoms with Crippen molar-refractivity contribution in [1.29, 1.82) is 0 Å². The van der Waals surface area contributed by atoms with Gasteiger partial charge in [0.2, 0.25) is 0 Å². The molecule has 0 aliphatic heterocycles. The predicted octanol–water partition coefficient (Wildman–Crippen LogP) is 8.79. The minimum Gasteiger partial charge on any atom is -0.507 e. The van der Waals surface area contributed by atoms with Gasteiger partial charge in [-0.1, -0.05) is 71.0 Å². The number of aromatic nitrogens is 2. The Labute approximate surface area is 332 Å². The van der Waals surface area contributed by atoms with Gasteiger partial charge in [0.25, 0.3) is 20.0 Å². The molecule has 0 spiro atoms. The standard InChI is InChI=1S/2C21H17N3O4S/c2*1-14-12-21(23-28-14)24-29(26,27)17-9-7-16(8-10-17)22-13-19-18-5-3-2-4-15(18)6-11-20(19)25/h2*2-13,25H,1H3,(H,23,24). The Kier molecular flexibility index (Phi) is 11.0. The molecule has 0 saturated carbocycles. The van der Waals surface area contributed by atoms with Gasteiger partial charge in [0.15, 0.2) is 11.6 Å². The summed E-state index contributed by atoms with van der Waals surface area (Å²) in [6.07, 6.45) is 3.13. The van der Waals surface area contributed by atoms with Crippen LogP contribution in [0.5, 0.6) is 11.5 Å². The zero-order valence-corrected chi connectivity index (χ0v) is 32.4. The molecule has 292 valence electrons. The van der Waals surface area contributed by atoms with E-state index in [9.17, 15) is 27.0 Å². The second-order valence-electron chi connectivity index (χ2n) is 12.8. The maximum Gasteiger partial charge on any atom is 0.263 e. The molecule has 6 aromatic carbocycles. The molecule has 4 N–H and O–H groups in total. The van der Waals surface area contributed by atoms with Crippen LogP contribution in [-0.2, 0) is 20.0 Å². The molecule has 2 heterocycles. The number of phenols is 2. The fourth-order valence-corrected chi connectivity index (χ4v) is 7.73. The van der Waals surface area contributed by atoms with Gasteiger partial charge in [-0.25, -0.2) is 16.8 Å². The van der Waals surface area contributed by atoms with Crippen LogP contribution >= 0.6 is 0 Å². The van der Waals surface area contributed by atoms with Crippen molar-refractivity contribution in [3.8, 4) is 11.5 Å². The Bertz CT molecular complexity index is 2830. The van der Waals surface area contributed by atoms with Gasteiger partial charge in [-0.2, -0.15) is 0 Å². The molecule has 14 nitrogen and oxygen atoms in total. The van der Waals surface area contributed by atoms with Crippen molar-refractivity contribution in [3.05, 3.63) is 156 Å². The average Bonchev–Trinajstić information content (AvgIpc) is 3.82. The lowest BCUT2D eigenvalue weighted by Gasteiger charge is -2.06. The average molecular weight is 815 g/mol. The number of aromatic hydroxyl groups is 2. The summed E-state index contributed by atoms with van der Waals surface area (Å²) in [5, 5.41) is 31.4. The lowest BCUT2D eigenvalue weighted by molar-refractivity contribution is 0.400. The zero-order valence-electron chi connectivity index (χ0n) is 30.8. The van der Waals surface area contributed by atoms with Crippen LogP contribution in [0.4, 0.5) is 23.0 Å². The summed E-state index contributed by atoms with van der Waals surface area (Å²) in [7, 11) is -7.57. The molecule has 8 aromatic rings. The summed E-state index contributed by atoms with van der Waals surface area (Å²) in [6.45, 7) is 3.34. The minimum atomic E-state index is -3.78. The van der Waals surface area contributed by atoms with Crippen LogP contribution in [0.1, 0.15) is 22.6 Å². The number of fused-ring (bicyclic) bond motifs is 2. The van der Waals surface area contributed by atoms with Gasteiger partial charge in [-0.3, -0.25) is 19.4 Å². The van der Waals surface area contributed by atoms with Gasteiger partial charge < -0.3 is 19.3 Å². The normalized spacial score (nSPS) is 11.9. The third-order valence-corrected chi connectivity index (χ3v) is 11.3. The van der Waals surface area contributed by atoms with Crippen molar-refractivity contribution in [2.24, 2.45) is 9.98 Å². The molecule has 2 aromatic heterocycles. The first-order valence-electron chi connectivity index (χ1n) is 17.5. The predicted molar refractivity (Wildman–Crippen MR) is 223 cm³/mol. The Morgan fingerprint density at radius 3 is 1.28 bits per heavy atom. The fourth-order valence-electron chi connectivity index (χ4n) is 5.76. The van der Waals surface area contributed by atoms with E-state index in [1.165, 1.54) is 36.4 Å². The van der Waals surface area contributed by atoms with Crippen LogP contribution in [0.3, 0.4) is 0 Å². The van der Waals surface area contributed by atoms with E-state index in [1.54, 1.807) is 62.7 Å². The lowest BCUT2D eigenvalue weighted by Crippen LogP contribution is -2.12. The van der Waals surface area contributed by atoms with Crippen LogP contribution in [-0.4, -0.2) is 49.8 Å². The molecule has 0 bridgehead atoms. The molecule has 8 rings (SSSR count). The zero-order chi connectivity index (χ0) is 40.9. The highest BCUT2D eigenvalue weighted by Crippen LogP contribution is 2.28. The van der Waals surface area contributed by atoms with E-state index >= 15 is 0 Å². The monoisotopic (exact) mass is 814 g/mol. The molecule has 0 radical (unpaired) electrons. The highest BCUT2D eigenvalue weighted by atomic mass is 32.2. The van der Waals surface area contributed by atoms with Gasteiger partial charge in [0.1, 0.15) is 23.0 Å². The van der Waals surface area contributed by atoms with Gasteiger partial charge in [-0.05, 0) is 96.1 Å². The number of nitrogens with zero attached hydrogens (tertiary/aromatic N) is 4. The van der Waals surface area contributed by atoms with Gasteiger partial charge in [-0.15, -0.1) is 0 Å². The van der Waals surface area contributed by atoms with Crippen LogP contribution in [0.25, 0.3) is 21.5 Å². The van der Waals surface area contributed by atoms with Crippen molar-refractivity contribution < 1.29 is 36.1 Å². The molecule has 0 amide bonds. The Balaban J connectivity index is 0.000000177. The molecule has 58 heavy (non-hydrogen) atoms. The first-order valence-corrected chi connectivity index (χ1v) is 20.4. The highest BCUT2D eigenvalue weighted by Gasteiger charge is 2.17. The molecule has 0 unspecified atom stereocenters. The summed E-state index contributed by atoms with van der Waals surface area (Å²) >= 11 is 0. The second-order valence-corrected chi connectivity index (χ2v) is 16.2. The van der Waals surface area contributed by atoms with Crippen LogP contribution in [0, 0.1) is 13.8 Å². The van der Waals surface area contributed by atoms with Crippen molar-refractivity contribution >= 4 is 77.0 Å². The van der Waals surface area contributed by atoms with Gasteiger partial charge >= 0.3 is 0 Å². The quantitative estimate of drug-likeness (QED) is 0.0964. The number of anilines is 2. The number of hydrogen-bond acceptors (Lipinski definition) is 12. The number of aliphatic imine (C=N–C) groups is 2. The summed E-state index contributed by atoms with van der Waals surface area (Å²) in [4.78, 5) is 8.89. The van der Waals surface area contributed by atoms with Gasteiger partial charge in [0.05, 0.1) is 21.2 Å². The fraction of sp³-hybridized carbons (Fsp3) is 0.0476. The molecule has 0 aliphatic rings. The number of aryl methyl sites for hydroxylation is 2. The molecular weight excluding hydrogens is 781 g/mol. The Morgan fingerprint density at radius 1 is 0.534 bits per heavy atom. The van der Waals surface area contributed by atoms with E-state index in [0.29, 0.717) is 34.0 Å². The third-order valence-electron chi connectivity index (χ3n) is 8.61. The van der Waals surface area contributed by atoms with E-state index in [4.69, 9.17) is 9.05 Å². The van der Waals surface area contributed by atoms with Crippen molar-refractivity contribution in [2.45, 2.75) is 23.6 Å². The van der Waals surface area contributed by atoms with Crippen LogP contribution in [0.2, 0.25) is 0 Å². The SMILES string of the molecule is Cc1cc(NS(=O)(=O)c2ccc(N=Cc3c(O)ccc4ccccc34)cc2)no1.Cc1cc(NS(=O)(=O)c2ccc(N=Cc3c(O)ccc4ccccc34)cc2)no1. The van der Waals surface area contributed by atoms with Crippen molar-refractivity contribution in [3.63, 3.8) is 0 Å². The van der Waals surface area contributed by atoms with Crippen molar-refractivity contribution in [1.82, 2.24) is 10.3 Å². The number of hydrogen-bond donors (Lipinski definition) is 4. The van der Waals surface area contributed by atoms with Crippen LogP contribution in [0.15, 0.2) is 162 Å². The smallest absolute Gasteiger partial charge is 0.263 e. The first kappa shape index (κ1) is 39.0.